The van der Waals surface area contributed by atoms with Gasteiger partial charge in [-0.15, -0.1) is 0 Å². The van der Waals surface area contributed by atoms with E-state index in [1.54, 1.807) is 30.5 Å². The van der Waals surface area contributed by atoms with Gasteiger partial charge in [0.25, 0.3) is 10.0 Å². The number of nitrogens with zero attached hydrogens (tertiary/aromatic N) is 3. The van der Waals surface area contributed by atoms with Crippen LogP contribution in [0.5, 0.6) is 0 Å². The number of aliphatic hydroxyl groups excluding tert-OH is 1. The lowest BCUT2D eigenvalue weighted by Crippen LogP contribution is -3.00. The molecule has 1 N–H and O–H groups in total. The Kier molecular flexibility index (Phi) is 7.54. The molecule has 0 saturated heterocycles. The summed E-state index contributed by atoms with van der Waals surface area (Å²) >= 11 is 3.45. The number of sulfonamides is 1. The molecule has 160 valence electrons. The fraction of sp³-hybridized carbons (Fsp3) is 0.450. The van der Waals surface area contributed by atoms with E-state index in [1.807, 2.05) is 13.0 Å². The Labute approximate surface area is 192 Å². The topological polar surface area (TPSA) is 70.5 Å². The number of benzene rings is 1. The predicted octanol–water partition coefficient (Wildman–Crippen LogP) is 0.601. The van der Waals surface area contributed by atoms with Gasteiger partial charge in [-0.3, -0.25) is 0 Å². The molecular formula is C20H27Br2N3O3S. The van der Waals surface area contributed by atoms with E-state index in [1.165, 1.54) is 0 Å². The van der Waals surface area contributed by atoms with Crippen molar-refractivity contribution < 1.29 is 35.0 Å². The largest absolute Gasteiger partial charge is 1.00 e. The standard InChI is InChI=1S/C20H27BrN3O3S.BrH/c1-5-24(6-2,7-3)18-17-12-15(21)13-22-19(17)23(20(18)25)28(26,27)16-10-8-14(4)9-11-16;/h8-13,18,20,25H,5-7H2,1-4H3;1H/q+1;/p-1/t18-,20+;/m1./s1. The Hall–Kier alpha value is -1.00. The predicted molar refractivity (Wildman–Crippen MR) is 113 cm³/mol. The van der Waals surface area contributed by atoms with Crippen molar-refractivity contribution in [3.8, 4) is 0 Å². The van der Waals surface area contributed by atoms with E-state index in [0.29, 0.717) is 10.3 Å². The molecule has 9 heteroatoms. The van der Waals surface area contributed by atoms with Crippen molar-refractivity contribution in [3.63, 3.8) is 0 Å². The smallest absolute Gasteiger partial charge is 0.267 e. The first-order chi connectivity index (χ1) is 13.2. The number of likely N-dealkylation sites (N-methyl/N-ethyl adjacent to an activating group) is 1. The van der Waals surface area contributed by atoms with Crippen LogP contribution < -0.4 is 21.3 Å². The first kappa shape index (κ1) is 24.3. The maximum Gasteiger partial charge on any atom is 0.267 e. The highest BCUT2D eigenvalue weighted by Gasteiger charge is 2.53. The van der Waals surface area contributed by atoms with Crippen molar-refractivity contribution in [2.75, 3.05) is 23.9 Å². The maximum atomic E-state index is 13.4. The Morgan fingerprint density at radius 1 is 1.14 bits per heavy atom. The summed E-state index contributed by atoms with van der Waals surface area (Å²) in [6, 6.07) is 8.14. The molecule has 0 bridgehead atoms. The second kappa shape index (κ2) is 9.01. The number of hydrogen-bond acceptors (Lipinski definition) is 4. The van der Waals surface area contributed by atoms with Crippen molar-refractivity contribution in [1.29, 1.82) is 0 Å². The van der Waals surface area contributed by atoms with Crippen molar-refractivity contribution in [3.05, 3.63) is 52.1 Å². The first-order valence-corrected chi connectivity index (χ1v) is 11.8. The number of aromatic nitrogens is 1. The van der Waals surface area contributed by atoms with Gasteiger partial charge >= 0.3 is 0 Å². The van der Waals surface area contributed by atoms with Gasteiger partial charge in [-0.2, -0.15) is 0 Å². The molecule has 2 atom stereocenters. The number of anilines is 1. The zero-order chi connectivity index (χ0) is 20.7. The molecule has 0 fully saturated rings. The highest BCUT2D eigenvalue weighted by molar-refractivity contribution is 9.10. The minimum Gasteiger partial charge on any atom is -1.00 e. The summed E-state index contributed by atoms with van der Waals surface area (Å²) in [4.78, 5) is 4.55. The second-order valence-electron chi connectivity index (χ2n) is 7.21. The number of hydrogen-bond donors (Lipinski definition) is 1. The monoisotopic (exact) mass is 547 g/mol. The van der Waals surface area contributed by atoms with Gasteiger partial charge in [-0.05, 0) is 61.8 Å². The summed E-state index contributed by atoms with van der Waals surface area (Å²) in [7, 11) is -3.95. The fourth-order valence-corrected chi connectivity index (χ4v) is 6.02. The van der Waals surface area contributed by atoms with Crippen molar-refractivity contribution >= 4 is 31.8 Å². The second-order valence-corrected chi connectivity index (χ2v) is 9.94. The Bertz CT molecular complexity index is 955. The minimum atomic E-state index is -3.95. The van der Waals surface area contributed by atoms with Crippen molar-refractivity contribution in [2.24, 2.45) is 0 Å². The van der Waals surface area contributed by atoms with E-state index in [4.69, 9.17) is 0 Å². The molecule has 0 aliphatic carbocycles. The third-order valence-corrected chi connectivity index (χ3v) is 8.18. The number of aliphatic hydroxyl groups is 1. The maximum absolute atomic E-state index is 13.4. The number of rotatable bonds is 6. The molecular weight excluding hydrogens is 522 g/mol. The highest BCUT2D eigenvalue weighted by Crippen LogP contribution is 2.47. The molecule has 2 aromatic rings. The Balaban J connectivity index is 0.00000300. The van der Waals surface area contributed by atoms with E-state index in [2.05, 4.69) is 41.7 Å². The SMILES string of the molecule is CC[N+](CC)(CC)[C@@H]1c2cc(Br)cnc2N(S(=O)(=O)c2ccc(C)cc2)[C@H]1O.[Br-]. The normalized spacial score (nSPS) is 19.0. The average Bonchev–Trinajstić information content (AvgIpc) is 2.97. The van der Waals surface area contributed by atoms with Crippen LogP contribution in [0.25, 0.3) is 0 Å². The van der Waals surface area contributed by atoms with Gasteiger partial charge in [0.15, 0.2) is 18.1 Å². The molecule has 3 rings (SSSR count). The zero-order valence-corrected chi connectivity index (χ0v) is 21.0. The Morgan fingerprint density at radius 3 is 2.21 bits per heavy atom. The summed E-state index contributed by atoms with van der Waals surface area (Å²) in [6.07, 6.45) is 0.354. The zero-order valence-electron chi connectivity index (χ0n) is 17.0. The molecule has 6 nitrogen and oxygen atoms in total. The minimum absolute atomic E-state index is 0. The van der Waals surface area contributed by atoms with Gasteiger partial charge in [-0.25, -0.2) is 17.7 Å². The molecule has 0 spiro atoms. The van der Waals surface area contributed by atoms with Gasteiger partial charge < -0.3 is 26.6 Å². The molecule has 1 aliphatic heterocycles. The summed E-state index contributed by atoms with van der Waals surface area (Å²) in [5.74, 6) is 0.305. The van der Waals surface area contributed by atoms with Crippen LogP contribution in [0.3, 0.4) is 0 Å². The van der Waals surface area contributed by atoms with E-state index < -0.39 is 22.3 Å². The molecule has 1 aliphatic rings. The molecule has 0 saturated carbocycles. The summed E-state index contributed by atoms with van der Waals surface area (Å²) in [6.45, 7) is 10.4. The number of quaternary nitrogens is 1. The van der Waals surface area contributed by atoms with Crippen LogP contribution in [0, 0.1) is 6.92 Å². The third kappa shape index (κ3) is 3.99. The molecule has 1 aromatic heterocycles. The number of pyridine rings is 1. The van der Waals surface area contributed by atoms with Gasteiger partial charge in [-0.1, -0.05) is 17.7 Å². The number of fused-ring (bicyclic) bond motifs is 1. The molecule has 2 heterocycles. The van der Waals surface area contributed by atoms with Crippen molar-refractivity contribution in [1.82, 2.24) is 4.98 Å². The molecule has 1 aromatic carbocycles. The van der Waals surface area contributed by atoms with Crippen LogP contribution in [0.2, 0.25) is 0 Å². The number of aryl methyl sites for hydroxylation is 1. The van der Waals surface area contributed by atoms with Crippen LogP contribution in [-0.4, -0.2) is 48.9 Å². The van der Waals surface area contributed by atoms with Gasteiger partial charge in [0.05, 0.1) is 30.1 Å². The van der Waals surface area contributed by atoms with Crippen LogP contribution >= 0.6 is 15.9 Å². The molecule has 0 amide bonds. The lowest BCUT2D eigenvalue weighted by molar-refractivity contribution is -0.955. The number of halogens is 2. The summed E-state index contributed by atoms with van der Waals surface area (Å²) < 4.78 is 29.3. The first-order valence-electron chi connectivity index (χ1n) is 9.52. The lowest BCUT2D eigenvalue weighted by Gasteiger charge is -2.43. The van der Waals surface area contributed by atoms with E-state index >= 15 is 0 Å². The molecule has 0 unspecified atom stereocenters. The fourth-order valence-electron chi connectivity index (χ4n) is 4.18. The Morgan fingerprint density at radius 2 is 1.69 bits per heavy atom. The van der Waals surface area contributed by atoms with Gasteiger partial charge in [0.1, 0.15) is 0 Å². The summed E-state index contributed by atoms with van der Waals surface area (Å²) in [5.41, 5.74) is 1.72. The average molecular weight is 549 g/mol. The quantitative estimate of drug-likeness (QED) is 0.537. The van der Waals surface area contributed by atoms with Crippen LogP contribution in [0.4, 0.5) is 5.82 Å². The van der Waals surface area contributed by atoms with Crippen LogP contribution in [-0.2, 0) is 10.0 Å². The van der Waals surface area contributed by atoms with E-state index in [9.17, 15) is 13.5 Å². The lowest BCUT2D eigenvalue weighted by atomic mass is 10.0. The third-order valence-electron chi connectivity index (χ3n) is 5.97. The van der Waals surface area contributed by atoms with Gasteiger partial charge in [0, 0.05) is 10.7 Å². The van der Waals surface area contributed by atoms with Crippen molar-refractivity contribution in [2.45, 2.75) is 44.9 Å². The summed E-state index contributed by atoms with van der Waals surface area (Å²) in [5, 5.41) is 11.3. The highest BCUT2D eigenvalue weighted by atomic mass is 79.9. The molecule has 0 radical (unpaired) electrons. The van der Waals surface area contributed by atoms with E-state index in [-0.39, 0.29) is 21.9 Å². The van der Waals surface area contributed by atoms with Crippen LogP contribution in [0.1, 0.15) is 37.9 Å². The van der Waals surface area contributed by atoms with Crippen LogP contribution in [0.15, 0.2) is 45.9 Å². The molecule has 29 heavy (non-hydrogen) atoms. The van der Waals surface area contributed by atoms with Gasteiger partial charge in [0.2, 0.25) is 0 Å². The van der Waals surface area contributed by atoms with E-state index in [0.717, 1.165) is 39.5 Å².